The lowest BCUT2D eigenvalue weighted by Gasteiger charge is -2.07. The Morgan fingerprint density at radius 3 is 2.86 bits per heavy atom. The van der Waals surface area contributed by atoms with Crippen LogP contribution in [0.3, 0.4) is 0 Å². The Morgan fingerprint density at radius 1 is 1.14 bits per heavy atom. The summed E-state index contributed by atoms with van der Waals surface area (Å²) in [4.78, 5) is 4.59. The van der Waals surface area contributed by atoms with Crippen molar-refractivity contribution in [1.82, 2.24) is 0 Å². The fraction of sp³-hybridized carbons (Fsp3) is 0.118. The summed E-state index contributed by atoms with van der Waals surface area (Å²) in [5.74, 6) is 0.883. The summed E-state index contributed by atoms with van der Waals surface area (Å²) in [6.45, 7) is 0. The zero-order valence-corrected chi connectivity index (χ0v) is 12.5. The number of hydrogen-bond donors (Lipinski definition) is 1. The third kappa shape index (κ3) is 1.99. The minimum Gasteiger partial charge on any atom is -0.497 e. The lowest BCUT2D eigenvalue weighted by molar-refractivity contribution is -0.340. The van der Waals surface area contributed by atoms with Gasteiger partial charge in [-0.2, -0.15) is 0 Å². The number of anilines is 1. The van der Waals surface area contributed by atoms with Crippen LogP contribution in [0.5, 0.6) is 5.75 Å². The van der Waals surface area contributed by atoms with E-state index in [0.717, 1.165) is 17.3 Å². The van der Waals surface area contributed by atoms with Gasteiger partial charge in [0.25, 0.3) is 0 Å². The van der Waals surface area contributed by atoms with Crippen molar-refractivity contribution in [2.45, 2.75) is 6.42 Å². The summed E-state index contributed by atoms with van der Waals surface area (Å²) >= 11 is 1.64. The minimum atomic E-state index is 0.780. The van der Waals surface area contributed by atoms with E-state index in [0.29, 0.717) is 0 Å². The number of ether oxygens (including phenoxy) is 1. The number of H-pyrrole nitrogens is 1. The zero-order valence-electron chi connectivity index (χ0n) is 11.6. The van der Waals surface area contributed by atoms with Crippen molar-refractivity contribution in [2.24, 2.45) is 0 Å². The topological polar surface area (TPSA) is 49.4 Å². The molecule has 0 spiro atoms. The minimum absolute atomic E-state index is 0.780. The Labute approximate surface area is 127 Å². The molecule has 0 saturated carbocycles. The van der Waals surface area contributed by atoms with Crippen LogP contribution < -0.4 is 15.5 Å². The molecule has 4 rings (SSSR count). The Bertz CT molecular complexity index is 839. The molecule has 3 N–H and O–H groups in total. The van der Waals surface area contributed by atoms with E-state index in [1.165, 1.54) is 32.8 Å². The van der Waals surface area contributed by atoms with Crippen molar-refractivity contribution in [3.63, 3.8) is 0 Å². The summed E-state index contributed by atoms with van der Waals surface area (Å²) in [6, 6.07) is 14.8. The molecule has 0 bridgehead atoms. The van der Waals surface area contributed by atoms with Gasteiger partial charge in [-0.05, 0) is 34.9 Å². The van der Waals surface area contributed by atoms with Crippen molar-refractivity contribution in [3.05, 3.63) is 52.9 Å². The van der Waals surface area contributed by atoms with Crippen molar-refractivity contribution in [2.75, 3.05) is 12.8 Å². The molecule has 2 aromatic carbocycles. The molecule has 0 fully saturated rings. The van der Waals surface area contributed by atoms with E-state index in [1.54, 1.807) is 18.4 Å². The monoisotopic (exact) mass is 295 g/mol. The normalized spacial score (nSPS) is 12.0. The number of nitrogen functional groups attached to an aromatic ring is 1. The molecule has 1 heterocycles. The highest BCUT2D eigenvalue weighted by Crippen LogP contribution is 2.39. The zero-order chi connectivity index (χ0) is 14.4. The van der Waals surface area contributed by atoms with Gasteiger partial charge in [-0.15, -0.1) is 0 Å². The highest BCUT2D eigenvalue weighted by atomic mass is 32.1. The molecule has 0 atom stereocenters. The van der Waals surface area contributed by atoms with Crippen molar-refractivity contribution < 1.29 is 9.72 Å². The SMILES string of the molecule is COc1cccc(-c2ccc3c(c2)Cc2sc(N)[nH+]c2-3)c1. The van der Waals surface area contributed by atoms with Gasteiger partial charge in [0.05, 0.1) is 12.0 Å². The van der Waals surface area contributed by atoms with E-state index in [2.05, 4.69) is 35.3 Å². The summed E-state index contributed by atoms with van der Waals surface area (Å²) in [6.07, 6.45) is 0.959. The Morgan fingerprint density at radius 2 is 2.00 bits per heavy atom. The van der Waals surface area contributed by atoms with Gasteiger partial charge in [-0.1, -0.05) is 35.6 Å². The number of aromatic nitrogens is 1. The van der Waals surface area contributed by atoms with Crippen molar-refractivity contribution in [1.29, 1.82) is 0 Å². The lowest BCUT2D eigenvalue weighted by atomic mass is 10.00. The first-order chi connectivity index (χ1) is 10.2. The van der Waals surface area contributed by atoms with Crippen LogP contribution in [0.1, 0.15) is 10.4 Å². The number of aromatic amines is 1. The maximum Gasteiger partial charge on any atom is 0.330 e. The van der Waals surface area contributed by atoms with E-state index < -0.39 is 0 Å². The molecule has 104 valence electrons. The van der Waals surface area contributed by atoms with Gasteiger partial charge < -0.3 is 4.74 Å². The first-order valence-electron chi connectivity index (χ1n) is 6.83. The fourth-order valence-corrected chi connectivity index (χ4v) is 3.79. The van der Waals surface area contributed by atoms with Crippen LogP contribution in [0.4, 0.5) is 5.13 Å². The predicted octanol–water partition coefficient (Wildman–Crippen LogP) is 3.39. The maximum atomic E-state index is 5.85. The second-order valence-corrected chi connectivity index (χ2v) is 6.31. The smallest absolute Gasteiger partial charge is 0.330 e. The molecule has 1 aliphatic rings. The molecule has 0 aliphatic heterocycles. The standard InChI is InChI=1S/C17H14N2OS/c1-20-13-4-2-3-10(8-13)11-5-6-14-12(7-11)9-15-16(14)19-17(18)21-15/h2-8H,9H2,1H3,(H2,18,19)/p+1. The van der Waals surface area contributed by atoms with Crippen LogP contribution in [0.15, 0.2) is 42.5 Å². The van der Waals surface area contributed by atoms with Crippen LogP contribution in [-0.2, 0) is 6.42 Å². The average Bonchev–Trinajstić information content (AvgIpc) is 3.02. The molecule has 0 unspecified atom stereocenters. The summed E-state index contributed by atoms with van der Waals surface area (Å²) in [5, 5.41) is 0.780. The predicted molar refractivity (Wildman–Crippen MR) is 85.5 cm³/mol. The molecule has 3 nitrogen and oxygen atoms in total. The largest absolute Gasteiger partial charge is 0.497 e. The molecular weight excluding hydrogens is 280 g/mol. The number of nitrogens with one attached hydrogen (secondary N) is 1. The van der Waals surface area contributed by atoms with Crippen molar-refractivity contribution >= 4 is 16.5 Å². The average molecular weight is 295 g/mol. The first-order valence-corrected chi connectivity index (χ1v) is 7.64. The first kappa shape index (κ1) is 12.4. The molecule has 0 amide bonds. The molecular formula is C17H15N2OS+. The van der Waals surface area contributed by atoms with E-state index in [-0.39, 0.29) is 0 Å². The van der Waals surface area contributed by atoms with E-state index in [4.69, 9.17) is 10.5 Å². The molecule has 3 aromatic rings. The Kier molecular flexibility index (Phi) is 2.72. The number of benzene rings is 2. The highest BCUT2D eigenvalue weighted by molar-refractivity contribution is 7.15. The number of nitrogens with two attached hydrogens (primary N) is 1. The van der Waals surface area contributed by atoms with E-state index in [1.807, 2.05) is 12.1 Å². The van der Waals surface area contributed by atoms with Crippen molar-refractivity contribution in [3.8, 4) is 28.1 Å². The van der Waals surface area contributed by atoms with Crippen LogP contribution in [0, 0.1) is 0 Å². The second-order valence-electron chi connectivity index (χ2n) is 5.17. The molecule has 21 heavy (non-hydrogen) atoms. The number of rotatable bonds is 2. The summed E-state index contributed by atoms with van der Waals surface area (Å²) < 4.78 is 5.30. The molecule has 1 aliphatic carbocycles. The lowest BCUT2D eigenvalue weighted by Crippen LogP contribution is -2.06. The van der Waals surface area contributed by atoms with E-state index in [9.17, 15) is 0 Å². The second kappa shape index (κ2) is 4.60. The van der Waals surface area contributed by atoms with Crippen LogP contribution >= 0.6 is 11.3 Å². The molecule has 1 aromatic heterocycles. The van der Waals surface area contributed by atoms with Gasteiger partial charge in [0.15, 0.2) is 0 Å². The number of thiazole rings is 1. The van der Waals surface area contributed by atoms with Gasteiger partial charge in [0.1, 0.15) is 11.4 Å². The van der Waals surface area contributed by atoms with Gasteiger partial charge in [0, 0.05) is 12.0 Å². The molecule has 4 heteroatoms. The summed E-state index contributed by atoms with van der Waals surface area (Å²) in [5.41, 5.74) is 12.1. The highest BCUT2D eigenvalue weighted by Gasteiger charge is 2.25. The fourth-order valence-electron chi connectivity index (χ4n) is 2.88. The Balaban J connectivity index is 1.78. The van der Waals surface area contributed by atoms with Crippen LogP contribution in [-0.4, -0.2) is 7.11 Å². The number of hydrogen-bond acceptors (Lipinski definition) is 3. The molecule has 0 radical (unpaired) electrons. The third-order valence-corrected chi connectivity index (χ3v) is 4.81. The van der Waals surface area contributed by atoms with Gasteiger partial charge >= 0.3 is 5.13 Å². The third-order valence-electron chi connectivity index (χ3n) is 3.89. The van der Waals surface area contributed by atoms with Gasteiger partial charge in [-0.25, -0.2) is 4.98 Å². The van der Waals surface area contributed by atoms with Crippen LogP contribution in [0.25, 0.3) is 22.4 Å². The van der Waals surface area contributed by atoms with E-state index >= 15 is 0 Å². The number of methoxy groups -OCH3 is 1. The Hall–Kier alpha value is -2.33. The molecule has 0 saturated heterocycles. The van der Waals surface area contributed by atoms with Gasteiger partial charge in [-0.3, -0.25) is 5.73 Å². The number of fused-ring (bicyclic) bond motifs is 3. The van der Waals surface area contributed by atoms with Crippen LogP contribution in [0.2, 0.25) is 0 Å². The maximum absolute atomic E-state index is 5.85. The summed E-state index contributed by atoms with van der Waals surface area (Å²) in [7, 11) is 1.69. The van der Waals surface area contributed by atoms with Gasteiger partial charge in [0.2, 0.25) is 0 Å². The quantitative estimate of drug-likeness (QED) is 0.616.